The molecule has 304 valence electrons. The van der Waals surface area contributed by atoms with Gasteiger partial charge in [0.2, 0.25) is 11.8 Å². The molecular weight excluding hydrogens is 773 g/mol. The number of allylic oxidation sites excluding steroid dienone is 4. The number of ether oxygens (including phenoxy) is 1. The first-order valence-corrected chi connectivity index (χ1v) is 21.6. The molecule has 1 aromatic heterocycles. The summed E-state index contributed by atoms with van der Waals surface area (Å²) in [5, 5.41) is 0. The number of benzene rings is 7. The lowest BCUT2D eigenvalue weighted by molar-refractivity contribution is 0.255. The number of fused-ring (bicyclic) bond motifs is 2. The number of anilines is 5. The number of para-hydroxylation sites is 4. The number of oxazole rings is 1. The number of hydrogen-bond donors (Lipinski definition) is 0. The SMILES string of the molecule is CC1C=C(c2ccc(-c3ccc(N(c4ccccc4)c4ccc(-c5nc6ccccc6o5)cc4)cc3)cc2)C=CC1N(c1ccccc1)c1ccc(C2=NC3C=CC=CC3O2)cc1. The van der Waals surface area contributed by atoms with E-state index in [9.17, 15) is 0 Å². The highest BCUT2D eigenvalue weighted by atomic mass is 16.5. The fourth-order valence-corrected chi connectivity index (χ4v) is 8.84. The molecule has 6 nitrogen and oxygen atoms in total. The maximum absolute atomic E-state index is 6.19. The van der Waals surface area contributed by atoms with Crippen molar-refractivity contribution in [1.82, 2.24) is 4.98 Å². The van der Waals surface area contributed by atoms with Crippen molar-refractivity contribution in [2.75, 3.05) is 9.80 Å². The molecule has 2 aliphatic carbocycles. The standard InChI is InChI=1S/C57H44N4O2/c1-39-38-45(30-37-53(39)61(47-14-6-3-7-15-47)50-35-28-44(29-36-50)57-59-52-17-9-11-19-55(52)63-57)42-22-20-40(21-23-42)41-24-31-48(32-25-41)60(46-12-4-2-5-13-46)49-33-26-43(27-34-49)56-58-51-16-8-10-18-54(51)62-56/h2-39,52-53,55H,1H3. The third-order valence-corrected chi connectivity index (χ3v) is 12.1. The summed E-state index contributed by atoms with van der Waals surface area (Å²) in [7, 11) is 0. The Hall–Kier alpha value is -7.96. The van der Waals surface area contributed by atoms with Crippen LogP contribution >= 0.6 is 0 Å². The molecule has 2 heterocycles. The van der Waals surface area contributed by atoms with Crippen molar-refractivity contribution >= 4 is 51.0 Å². The summed E-state index contributed by atoms with van der Waals surface area (Å²) in [6, 6.07) is 63.9. The fraction of sp³-hybridized carbons (Fsp3) is 0.0877. The van der Waals surface area contributed by atoms with E-state index < -0.39 is 0 Å². The van der Waals surface area contributed by atoms with E-state index in [1.54, 1.807) is 0 Å². The second-order valence-corrected chi connectivity index (χ2v) is 16.2. The van der Waals surface area contributed by atoms with Gasteiger partial charge in [-0.25, -0.2) is 9.98 Å². The van der Waals surface area contributed by atoms with Gasteiger partial charge in [0.15, 0.2) is 5.58 Å². The van der Waals surface area contributed by atoms with E-state index in [1.165, 1.54) is 16.7 Å². The van der Waals surface area contributed by atoms with Crippen molar-refractivity contribution in [3.8, 4) is 22.6 Å². The molecule has 0 saturated carbocycles. The molecule has 0 amide bonds. The smallest absolute Gasteiger partial charge is 0.227 e. The van der Waals surface area contributed by atoms with Crippen molar-refractivity contribution in [3.05, 3.63) is 236 Å². The third-order valence-electron chi connectivity index (χ3n) is 12.1. The summed E-state index contributed by atoms with van der Waals surface area (Å²) < 4.78 is 12.2. The van der Waals surface area contributed by atoms with Gasteiger partial charge in [-0.15, -0.1) is 0 Å². The average molecular weight is 817 g/mol. The lowest BCUT2D eigenvalue weighted by Gasteiger charge is -2.37. The maximum atomic E-state index is 6.19. The highest BCUT2D eigenvalue weighted by molar-refractivity contribution is 5.96. The van der Waals surface area contributed by atoms with Gasteiger partial charge in [-0.1, -0.05) is 128 Å². The monoisotopic (exact) mass is 816 g/mol. The Morgan fingerprint density at radius 3 is 1.70 bits per heavy atom. The average Bonchev–Trinajstić information content (AvgIpc) is 3.99. The molecule has 0 spiro atoms. The van der Waals surface area contributed by atoms with Gasteiger partial charge in [-0.05, 0) is 131 Å². The van der Waals surface area contributed by atoms with Crippen LogP contribution < -0.4 is 9.80 Å². The molecule has 63 heavy (non-hydrogen) atoms. The van der Waals surface area contributed by atoms with E-state index in [-0.39, 0.29) is 24.1 Å². The molecule has 3 aliphatic rings. The molecule has 0 radical (unpaired) electrons. The summed E-state index contributed by atoms with van der Waals surface area (Å²) in [4.78, 5) is 14.2. The molecule has 1 aliphatic heterocycles. The largest absolute Gasteiger partial charge is 0.467 e. The molecule has 4 unspecified atom stereocenters. The van der Waals surface area contributed by atoms with Gasteiger partial charge in [0, 0.05) is 39.6 Å². The van der Waals surface area contributed by atoms with Crippen molar-refractivity contribution in [3.63, 3.8) is 0 Å². The van der Waals surface area contributed by atoms with Gasteiger partial charge in [0.25, 0.3) is 0 Å². The summed E-state index contributed by atoms with van der Waals surface area (Å²) >= 11 is 0. The molecule has 0 fully saturated rings. The van der Waals surface area contributed by atoms with Crippen LogP contribution in [0.5, 0.6) is 0 Å². The van der Waals surface area contributed by atoms with Gasteiger partial charge in [0.1, 0.15) is 17.7 Å². The number of hydrogen-bond acceptors (Lipinski definition) is 6. The predicted octanol–water partition coefficient (Wildman–Crippen LogP) is 14.1. The quantitative estimate of drug-likeness (QED) is 0.138. The second-order valence-electron chi connectivity index (χ2n) is 16.2. The lowest BCUT2D eigenvalue weighted by Crippen LogP contribution is -2.35. The van der Waals surface area contributed by atoms with Crippen LogP contribution in [-0.2, 0) is 4.74 Å². The summed E-state index contributed by atoms with van der Waals surface area (Å²) in [6.07, 6.45) is 15.2. The Labute approximate surface area is 367 Å². The highest BCUT2D eigenvalue weighted by Gasteiger charge is 2.30. The van der Waals surface area contributed by atoms with Crippen LogP contribution in [0.4, 0.5) is 28.4 Å². The zero-order valence-corrected chi connectivity index (χ0v) is 34.8. The van der Waals surface area contributed by atoms with Crippen molar-refractivity contribution in [2.24, 2.45) is 10.9 Å². The predicted molar refractivity (Wildman–Crippen MR) is 258 cm³/mol. The molecule has 11 rings (SSSR count). The Kier molecular flexibility index (Phi) is 9.94. The molecule has 4 atom stereocenters. The minimum absolute atomic E-state index is 0.0237. The maximum Gasteiger partial charge on any atom is 0.227 e. The van der Waals surface area contributed by atoms with Crippen molar-refractivity contribution in [1.29, 1.82) is 0 Å². The highest BCUT2D eigenvalue weighted by Crippen LogP contribution is 2.39. The third kappa shape index (κ3) is 7.57. The second kappa shape index (κ2) is 16.5. The summed E-state index contributed by atoms with van der Waals surface area (Å²) in [5.41, 5.74) is 13.8. The van der Waals surface area contributed by atoms with E-state index in [0.29, 0.717) is 11.8 Å². The van der Waals surface area contributed by atoms with Crippen LogP contribution in [0.3, 0.4) is 0 Å². The normalized spacial score (nSPS) is 18.7. The zero-order chi connectivity index (χ0) is 42.1. The van der Waals surface area contributed by atoms with Gasteiger partial charge < -0.3 is 19.0 Å². The van der Waals surface area contributed by atoms with E-state index >= 15 is 0 Å². The Balaban J connectivity index is 0.807. The summed E-state index contributed by atoms with van der Waals surface area (Å²) in [5.74, 6) is 1.56. The number of nitrogens with zero attached hydrogens (tertiary/aromatic N) is 4. The molecule has 8 aromatic rings. The first-order valence-electron chi connectivity index (χ1n) is 21.6. The van der Waals surface area contributed by atoms with Crippen LogP contribution in [0.25, 0.3) is 39.3 Å². The van der Waals surface area contributed by atoms with E-state index in [4.69, 9.17) is 19.1 Å². The molecular formula is C57H44N4O2. The van der Waals surface area contributed by atoms with Crippen LogP contribution in [-0.4, -0.2) is 29.1 Å². The van der Waals surface area contributed by atoms with Crippen LogP contribution in [0.2, 0.25) is 0 Å². The molecule has 6 heteroatoms. The minimum atomic E-state index is -0.0237. The van der Waals surface area contributed by atoms with Gasteiger partial charge in [0.05, 0.1) is 6.04 Å². The molecule has 0 saturated heterocycles. The minimum Gasteiger partial charge on any atom is -0.467 e. The van der Waals surface area contributed by atoms with Crippen molar-refractivity contribution in [2.45, 2.75) is 25.1 Å². The topological polar surface area (TPSA) is 54.1 Å². The van der Waals surface area contributed by atoms with Gasteiger partial charge >= 0.3 is 0 Å². The van der Waals surface area contributed by atoms with E-state index in [0.717, 1.165) is 56.2 Å². The van der Waals surface area contributed by atoms with Crippen LogP contribution in [0.1, 0.15) is 18.1 Å². The molecule has 0 N–H and O–H groups in total. The fourth-order valence-electron chi connectivity index (χ4n) is 8.84. The van der Waals surface area contributed by atoms with Crippen LogP contribution in [0.15, 0.2) is 234 Å². The van der Waals surface area contributed by atoms with Gasteiger partial charge in [-0.3, -0.25) is 0 Å². The number of aliphatic imine (C=N–C) groups is 1. The van der Waals surface area contributed by atoms with E-state index in [1.807, 2.05) is 42.5 Å². The zero-order valence-electron chi connectivity index (χ0n) is 34.8. The lowest BCUT2D eigenvalue weighted by atomic mass is 9.88. The first-order chi connectivity index (χ1) is 31.1. The summed E-state index contributed by atoms with van der Waals surface area (Å²) in [6.45, 7) is 2.31. The first kappa shape index (κ1) is 38.0. The number of rotatable bonds is 10. The van der Waals surface area contributed by atoms with Crippen molar-refractivity contribution < 1.29 is 9.15 Å². The van der Waals surface area contributed by atoms with Crippen LogP contribution in [0, 0.1) is 5.92 Å². The van der Waals surface area contributed by atoms with Gasteiger partial charge in [-0.2, -0.15) is 0 Å². The van der Waals surface area contributed by atoms with E-state index in [2.05, 4.69) is 199 Å². The Morgan fingerprint density at radius 1 is 0.492 bits per heavy atom. The molecule has 0 bridgehead atoms. The molecule has 7 aromatic carbocycles. The Bertz CT molecular complexity index is 3000. The Morgan fingerprint density at radius 2 is 1.03 bits per heavy atom. The number of aromatic nitrogens is 1.